The van der Waals surface area contributed by atoms with Crippen molar-refractivity contribution in [3.05, 3.63) is 77.4 Å². The van der Waals surface area contributed by atoms with Crippen molar-refractivity contribution in [1.29, 1.82) is 0 Å². The van der Waals surface area contributed by atoms with E-state index in [-0.39, 0.29) is 4.90 Å². The summed E-state index contributed by atoms with van der Waals surface area (Å²) in [5.41, 5.74) is 2.91. The zero-order valence-corrected chi connectivity index (χ0v) is 18.8. The average molecular weight is 431 g/mol. The molecule has 0 bridgehead atoms. The standard InChI is InChI=1S/C24H30O5S/c1-18(2)17-21-9-11-22(12-10-21)24(27-15-5-6-16-28-24)20(4)29-30(25,26)23-13-7-19(3)8-14-23/h5-14,18,20H,15-17H2,1-4H3. The van der Waals surface area contributed by atoms with Gasteiger partial charge in [0.2, 0.25) is 5.79 Å². The minimum atomic E-state index is -3.99. The molecule has 2 aromatic rings. The van der Waals surface area contributed by atoms with Crippen LogP contribution in [-0.4, -0.2) is 27.7 Å². The molecule has 0 spiro atoms. The highest BCUT2D eigenvalue weighted by atomic mass is 32.2. The molecule has 1 unspecified atom stereocenters. The summed E-state index contributed by atoms with van der Waals surface area (Å²) in [6.07, 6.45) is 3.77. The third kappa shape index (κ3) is 5.19. The monoisotopic (exact) mass is 430 g/mol. The Balaban J connectivity index is 1.91. The van der Waals surface area contributed by atoms with E-state index in [1.54, 1.807) is 31.2 Å². The molecule has 0 radical (unpaired) electrons. The largest absolute Gasteiger partial charge is 0.340 e. The first kappa shape index (κ1) is 22.7. The molecule has 162 valence electrons. The lowest BCUT2D eigenvalue weighted by Crippen LogP contribution is -2.45. The summed E-state index contributed by atoms with van der Waals surface area (Å²) in [6, 6.07) is 14.5. The van der Waals surface area contributed by atoms with Crippen LogP contribution in [0.2, 0.25) is 0 Å². The maximum absolute atomic E-state index is 12.9. The van der Waals surface area contributed by atoms with Gasteiger partial charge in [-0.1, -0.05) is 68.0 Å². The number of hydrogen-bond acceptors (Lipinski definition) is 5. The van der Waals surface area contributed by atoms with E-state index < -0.39 is 22.0 Å². The number of ether oxygens (including phenoxy) is 2. The minimum absolute atomic E-state index is 0.106. The topological polar surface area (TPSA) is 61.8 Å². The van der Waals surface area contributed by atoms with Crippen LogP contribution >= 0.6 is 0 Å². The van der Waals surface area contributed by atoms with Gasteiger partial charge in [0, 0.05) is 5.56 Å². The van der Waals surface area contributed by atoms with Crippen molar-refractivity contribution < 1.29 is 22.1 Å². The molecule has 30 heavy (non-hydrogen) atoms. The van der Waals surface area contributed by atoms with Gasteiger partial charge in [0.05, 0.1) is 18.1 Å². The van der Waals surface area contributed by atoms with E-state index in [1.807, 2.05) is 43.3 Å². The van der Waals surface area contributed by atoms with Crippen LogP contribution in [0.4, 0.5) is 0 Å². The van der Waals surface area contributed by atoms with E-state index >= 15 is 0 Å². The molecule has 0 saturated carbocycles. The van der Waals surface area contributed by atoms with Crippen molar-refractivity contribution in [2.45, 2.75) is 50.9 Å². The van der Waals surface area contributed by atoms with Gasteiger partial charge in [-0.3, -0.25) is 4.18 Å². The molecule has 0 aliphatic carbocycles. The number of hydrogen-bond donors (Lipinski definition) is 0. The Morgan fingerprint density at radius 1 is 0.933 bits per heavy atom. The van der Waals surface area contributed by atoms with E-state index in [0.29, 0.717) is 19.1 Å². The summed E-state index contributed by atoms with van der Waals surface area (Å²) in [7, 11) is -3.99. The third-order valence-corrected chi connectivity index (χ3v) is 6.46. The van der Waals surface area contributed by atoms with Crippen molar-refractivity contribution in [2.75, 3.05) is 13.2 Å². The van der Waals surface area contributed by atoms with Gasteiger partial charge in [-0.2, -0.15) is 8.42 Å². The summed E-state index contributed by atoms with van der Waals surface area (Å²) < 4.78 is 43.5. The number of aryl methyl sites for hydroxylation is 1. The predicted molar refractivity (Wildman–Crippen MR) is 117 cm³/mol. The van der Waals surface area contributed by atoms with Crippen molar-refractivity contribution in [2.24, 2.45) is 5.92 Å². The van der Waals surface area contributed by atoms with Gasteiger partial charge < -0.3 is 9.47 Å². The van der Waals surface area contributed by atoms with Crippen LogP contribution in [0.3, 0.4) is 0 Å². The fraction of sp³-hybridized carbons (Fsp3) is 0.417. The molecule has 6 heteroatoms. The minimum Gasteiger partial charge on any atom is -0.340 e. The lowest BCUT2D eigenvalue weighted by Gasteiger charge is -2.37. The smallest absolute Gasteiger partial charge is 0.297 e. The molecular weight excluding hydrogens is 400 g/mol. The quantitative estimate of drug-likeness (QED) is 0.469. The van der Waals surface area contributed by atoms with Gasteiger partial charge in [-0.15, -0.1) is 0 Å². The Kier molecular flexibility index (Phi) is 7.14. The maximum atomic E-state index is 12.9. The summed E-state index contributed by atoms with van der Waals surface area (Å²) >= 11 is 0. The molecule has 1 heterocycles. The van der Waals surface area contributed by atoms with Gasteiger partial charge in [0.15, 0.2) is 0 Å². The van der Waals surface area contributed by atoms with Gasteiger partial charge in [0.1, 0.15) is 6.10 Å². The van der Waals surface area contributed by atoms with Gasteiger partial charge in [0.25, 0.3) is 10.1 Å². The van der Waals surface area contributed by atoms with Crippen molar-refractivity contribution in [3.63, 3.8) is 0 Å². The molecule has 3 rings (SSSR count). The normalized spacial score (nSPS) is 17.6. The summed E-state index contributed by atoms with van der Waals surface area (Å²) in [6.45, 7) is 8.50. The Morgan fingerprint density at radius 3 is 2.03 bits per heavy atom. The van der Waals surface area contributed by atoms with E-state index in [2.05, 4.69) is 13.8 Å². The zero-order chi connectivity index (χ0) is 21.8. The molecule has 1 aliphatic heterocycles. The Labute approximate surface area is 179 Å². The lowest BCUT2D eigenvalue weighted by atomic mass is 9.96. The molecule has 1 atom stereocenters. The molecule has 0 amide bonds. The predicted octanol–water partition coefficient (Wildman–Crippen LogP) is 4.74. The second-order valence-electron chi connectivity index (χ2n) is 8.06. The Morgan fingerprint density at radius 2 is 1.50 bits per heavy atom. The van der Waals surface area contributed by atoms with Gasteiger partial charge >= 0.3 is 0 Å². The summed E-state index contributed by atoms with van der Waals surface area (Å²) in [5, 5.41) is 0. The average Bonchev–Trinajstić information content (AvgIpc) is 2.95. The first-order valence-corrected chi connectivity index (χ1v) is 11.7. The Bertz CT molecular complexity index is 950. The molecule has 0 N–H and O–H groups in total. The van der Waals surface area contributed by atoms with E-state index in [9.17, 15) is 8.42 Å². The molecule has 5 nitrogen and oxygen atoms in total. The van der Waals surface area contributed by atoms with Crippen LogP contribution in [0.1, 0.15) is 37.5 Å². The van der Waals surface area contributed by atoms with E-state index in [4.69, 9.17) is 13.7 Å². The molecular formula is C24H30O5S. The molecule has 0 aromatic heterocycles. The van der Waals surface area contributed by atoms with Crippen LogP contribution < -0.4 is 0 Å². The van der Waals surface area contributed by atoms with E-state index in [0.717, 1.165) is 17.5 Å². The molecule has 0 saturated heterocycles. The van der Waals surface area contributed by atoms with E-state index in [1.165, 1.54) is 5.56 Å². The zero-order valence-electron chi connectivity index (χ0n) is 18.0. The SMILES string of the molecule is Cc1ccc(S(=O)(=O)OC(C)C2(c3ccc(CC(C)C)cc3)OCC=CCO2)cc1. The fourth-order valence-electron chi connectivity index (χ4n) is 3.52. The molecule has 1 aliphatic rings. The number of benzene rings is 2. The highest BCUT2D eigenvalue weighted by Gasteiger charge is 2.44. The van der Waals surface area contributed by atoms with Gasteiger partial charge in [-0.05, 0) is 43.9 Å². The lowest BCUT2D eigenvalue weighted by molar-refractivity contribution is -0.271. The maximum Gasteiger partial charge on any atom is 0.297 e. The first-order valence-electron chi connectivity index (χ1n) is 10.3. The van der Waals surface area contributed by atoms with Crippen LogP contribution in [0.5, 0.6) is 0 Å². The summed E-state index contributed by atoms with van der Waals surface area (Å²) in [5.74, 6) is -0.793. The van der Waals surface area contributed by atoms with Crippen molar-refractivity contribution in [1.82, 2.24) is 0 Å². The molecule has 2 aromatic carbocycles. The second-order valence-corrected chi connectivity index (χ2v) is 9.63. The Hall–Kier alpha value is -1.99. The molecule has 0 fully saturated rings. The van der Waals surface area contributed by atoms with Crippen LogP contribution in [0.25, 0.3) is 0 Å². The van der Waals surface area contributed by atoms with Gasteiger partial charge in [-0.25, -0.2) is 0 Å². The third-order valence-electron chi connectivity index (χ3n) is 5.07. The van der Waals surface area contributed by atoms with Crippen molar-refractivity contribution >= 4 is 10.1 Å². The van der Waals surface area contributed by atoms with Crippen molar-refractivity contribution in [3.8, 4) is 0 Å². The fourth-order valence-corrected chi connectivity index (χ4v) is 4.60. The highest BCUT2D eigenvalue weighted by molar-refractivity contribution is 7.86. The second kappa shape index (κ2) is 9.43. The number of rotatable bonds is 7. The first-order chi connectivity index (χ1) is 14.2. The highest BCUT2D eigenvalue weighted by Crippen LogP contribution is 2.36. The van der Waals surface area contributed by atoms with Crippen LogP contribution in [0, 0.1) is 12.8 Å². The summed E-state index contributed by atoms with van der Waals surface area (Å²) in [4.78, 5) is 0.106. The van der Waals surface area contributed by atoms with Crippen LogP contribution in [0.15, 0.2) is 65.6 Å². The van der Waals surface area contributed by atoms with Crippen LogP contribution in [-0.2, 0) is 36.0 Å².